The largest absolute Gasteiger partial charge is 0.481 e. The van der Waals surface area contributed by atoms with Crippen LogP contribution in [0.4, 0.5) is 4.79 Å². The number of urea groups is 1. The average Bonchev–Trinajstić information content (AvgIpc) is 3.42. The van der Waals surface area contributed by atoms with E-state index in [-0.39, 0.29) is 30.4 Å². The first-order valence-electron chi connectivity index (χ1n) is 9.83. The molecule has 26 heavy (non-hydrogen) atoms. The van der Waals surface area contributed by atoms with Crippen molar-refractivity contribution >= 4 is 17.9 Å². The van der Waals surface area contributed by atoms with Crippen LogP contribution in [0.15, 0.2) is 0 Å². The van der Waals surface area contributed by atoms with Gasteiger partial charge in [0.1, 0.15) is 0 Å². The third kappa shape index (κ3) is 6.18. The number of nitrogens with one attached hydrogen (secondary N) is 1. The van der Waals surface area contributed by atoms with E-state index in [0.717, 1.165) is 32.2 Å². The topological polar surface area (TPSA) is 90.0 Å². The predicted molar refractivity (Wildman–Crippen MR) is 98.7 cm³/mol. The molecule has 1 saturated heterocycles. The molecule has 2 atom stereocenters. The Morgan fingerprint density at radius 1 is 1.19 bits per heavy atom. The van der Waals surface area contributed by atoms with Crippen molar-refractivity contribution in [2.24, 2.45) is 17.8 Å². The zero-order valence-corrected chi connectivity index (χ0v) is 16.2. The summed E-state index contributed by atoms with van der Waals surface area (Å²) in [7, 11) is 0. The van der Waals surface area contributed by atoms with Crippen molar-refractivity contribution in [3.05, 3.63) is 0 Å². The lowest BCUT2D eigenvalue weighted by molar-refractivity contribution is -0.143. The molecule has 1 heterocycles. The van der Waals surface area contributed by atoms with Crippen LogP contribution < -0.4 is 5.32 Å². The molecule has 0 radical (unpaired) electrons. The summed E-state index contributed by atoms with van der Waals surface area (Å²) >= 11 is 0. The Kier molecular flexibility index (Phi) is 7.29. The molecule has 0 bridgehead atoms. The third-order valence-electron chi connectivity index (χ3n) is 5.13. The maximum absolute atomic E-state index is 12.8. The molecule has 2 rings (SSSR count). The number of likely N-dealkylation sites (tertiary alicyclic amines) is 1. The highest BCUT2D eigenvalue weighted by Crippen LogP contribution is 2.30. The fraction of sp³-hybridized carbons (Fsp3) is 0.842. The van der Waals surface area contributed by atoms with Gasteiger partial charge >= 0.3 is 12.0 Å². The van der Waals surface area contributed by atoms with Gasteiger partial charge in [-0.25, -0.2) is 4.79 Å². The molecule has 1 aliphatic heterocycles. The number of carbonyl (C=O) groups excluding carboxylic acids is 2. The number of hydrogen-bond acceptors (Lipinski definition) is 3. The van der Waals surface area contributed by atoms with Gasteiger partial charge < -0.3 is 20.2 Å². The van der Waals surface area contributed by atoms with E-state index in [1.54, 1.807) is 11.8 Å². The quantitative estimate of drug-likeness (QED) is 0.688. The highest BCUT2D eigenvalue weighted by atomic mass is 16.4. The fourth-order valence-electron chi connectivity index (χ4n) is 3.40. The minimum Gasteiger partial charge on any atom is -0.481 e. The number of aliphatic carboxylic acids is 1. The summed E-state index contributed by atoms with van der Waals surface area (Å²) in [5.74, 6) is -0.819. The molecule has 0 aromatic carbocycles. The molecule has 2 fully saturated rings. The number of nitrogens with zero attached hydrogens (tertiary/aromatic N) is 2. The van der Waals surface area contributed by atoms with Gasteiger partial charge in [-0.15, -0.1) is 0 Å². The Bertz CT molecular complexity index is 519. The number of carbonyl (C=O) groups is 3. The Morgan fingerprint density at radius 3 is 2.46 bits per heavy atom. The van der Waals surface area contributed by atoms with Gasteiger partial charge in [0.2, 0.25) is 5.91 Å². The van der Waals surface area contributed by atoms with Gasteiger partial charge in [-0.2, -0.15) is 0 Å². The van der Waals surface area contributed by atoms with E-state index < -0.39 is 11.9 Å². The van der Waals surface area contributed by atoms with Crippen LogP contribution in [-0.2, 0) is 9.59 Å². The number of hydrogen-bond donors (Lipinski definition) is 2. The maximum Gasteiger partial charge on any atom is 0.317 e. The van der Waals surface area contributed by atoms with Crippen molar-refractivity contribution in [3.8, 4) is 0 Å². The van der Waals surface area contributed by atoms with Gasteiger partial charge in [0.15, 0.2) is 0 Å². The average molecular weight is 367 g/mol. The van der Waals surface area contributed by atoms with Crippen LogP contribution in [-0.4, -0.2) is 65.0 Å². The summed E-state index contributed by atoms with van der Waals surface area (Å²) in [5.41, 5.74) is 0. The Balaban J connectivity index is 1.86. The van der Waals surface area contributed by atoms with Crippen LogP contribution in [0.5, 0.6) is 0 Å². The lowest BCUT2D eigenvalue weighted by atomic mass is 9.94. The van der Waals surface area contributed by atoms with E-state index in [9.17, 15) is 14.4 Å². The second-order valence-electron chi connectivity index (χ2n) is 8.25. The van der Waals surface area contributed by atoms with E-state index >= 15 is 0 Å². The maximum atomic E-state index is 12.8. The minimum absolute atomic E-state index is 0.0371. The van der Waals surface area contributed by atoms with E-state index in [2.05, 4.69) is 19.2 Å². The van der Waals surface area contributed by atoms with Gasteiger partial charge in [-0.3, -0.25) is 9.59 Å². The molecule has 0 spiro atoms. The van der Waals surface area contributed by atoms with E-state index in [4.69, 9.17) is 5.11 Å². The molecular formula is C19H33N3O4. The number of amides is 3. The summed E-state index contributed by atoms with van der Waals surface area (Å²) in [6.45, 7) is 8.03. The lowest BCUT2D eigenvalue weighted by Gasteiger charge is -2.34. The molecule has 0 aromatic rings. The number of carboxylic acids is 1. The smallest absolute Gasteiger partial charge is 0.317 e. The van der Waals surface area contributed by atoms with Crippen molar-refractivity contribution in [3.63, 3.8) is 0 Å². The highest BCUT2D eigenvalue weighted by molar-refractivity contribution is 5.79. The fourth-order valence-corrected chi connectivity index (χ4v) is 3.40. The molecule has 0 aromatic heterocycles. The van der Waals surface area contributed by atoms with Gasteiger partial charge in [-0.05, 0) is 37.5 Å². The molecule has 7 nitrogen and oxygen atoms in total. The zero-order chi connectivity index (χ0) is 19.3. The number of rotatable bonds is 8. The molecule has 2 N–H and O–H groups in total. The van der Waals surface area contributed by atoms with Crippen LogP contribution in [0.3, 0.4) is 0 Å². The van der Waals surface area contributed by atoms with Crippen molar-refractivity contribution < 1.29 is 19.5 Å². The molecule has 2 aliphatic rings. The van der Waals surface area contributed by atoms with Crippen molar-refractivity contribution in [1.29, 1.82) is 0 Å². The lowest BCUT2D eigenvalue weighted by Crippen LogP contribution is -2.47. The third-order valence-corrected chi connectivity index (χ3v) is 5.13. The molecule has 1 saturated carbocycles. The molecule has 148 valence electrons. The van der Waals surface area contributed by atoms with Gasteiger partial charge in [-0.1, -0.05) is 20.8 Å². The van der Waals surface area contributed by atoms with Crippen LogP contribution in [0.2, 0.25) is 0 Å². The van der Waals surface area contributed by atoms with Crippen molar-refractivity contribution in [1.82, 2.24) is 15.1 Å². The molecule has 2 unspecified atom stereocenters. The van der Waals surface area contributed by atoms with E-state index in [1.807, 2.05) is 4.90 Å². The first kappa shape index (κ1) is 20.5. The van der Waals surface area contributed by atoms with Crippen LogP contribution in [0.1, 0.15) is 52.9 Å². The van der Waals surface area contributed by atoms with Crippen molar-refractivity contribution in [2.45, 2.75) is 58.9 Å². The summed E-state index contributed by atoms with van der Waals surface area (Å²) in [4.78, 5) is 39.7. The Labute approximate surface area is 156 Å². The molecule has 1 aliphatic carbocycles. The second kappa shape index (κ2) is 9.24. The predicted octanol–water partition coefficient (Wildman–Crippen LogP) is 2.17. The van der Waals surface area contributed by atoms with Crippen LogP contribution in [0, 0.1) is 17.8 Å². The SMILES string of the molecule is CC(C)CNC(=O)N1CCCC(CC(=O)N(CC(C)C(=O)O)C2CC2)C1. The Hall–Kier alpha value is -1.79. The standard InChI is InChI=1S/C19H33N3O4/c1-13(2)10-20-19(26)21-8-4-5-15(12-21)9-17(23)22(16-6-7-16)11-14(3)18(24)25/h13-16H,4-12H2,1-3H3,(H,20,26)(H,24,25). The highest BCUT2D eigenvalue weighted by Gasteiger charge is 2.36. The monoisotopic (exact) mass is 367 g/mol. The van der Waals surface area contributed by atoms with E-state index in [0.29, 0.717) is 25.4 Å². The molecule has 3 amide bonds. The molecule has 7 heteroatoms. The summed E-state index contributed by atoms with van der Waals surface area (Å²) in [5, 5.41) is 12.1. The summed E-state index contributed by atoms with van der Waals surface area (Å²) < 4.78 is 0. The Morgan fingerprint density at radius 2 is 1.88 bits per heavy atom. The summed E-state index contributed by atoms with van der Waals surface area (Å²) in [6.07, 6.45) is 4.17. The minimum atomic E-state index is -0.867. The molecular weight excluding hydrogens is 334 g/mol. The summed E-state index contributed by atoms with van der Waals surface area (Å²) in [6, 6.07) is 0.160. The van der Waals surface area contributed by atoms with Gasteiger partial charge in [0.05, 0.1) is 5.92 Å². The number of carboxylic acid groups (broad SMARTS) is 1. The zero-order valence-electron chi connectivity index (χ0n) is 16.2. The van der Waals surface area contributed by atoms with Crippen LogP contribution in [0.25, 0.3) is 0 Å². The van der Waals surface area contributed by atoms with Crippen molar-refractivity contribution in [2.75, 3.05) is 26.2 Å². The van der Waals surface area contributed by atoms with Crippen LogP contribution >= 0.6 is 0 Å². The number of piperidine rings is 1. The van der Waals surface area contributed by atoms with Gasteiger partial charge in [0.25, 0.3) is 0 Å². The van der Waals surface area contributed by atoms with E-state index in [1.165, 1.54) is 0 Å². The second-order valence-corrected chi connectivity index (χ2v) is 8.25. The van der Waals surface area contributed by atoms with Gasteiger partial charge in [0, 0.05) is 38.6 Å². The first-order chi connectivity index (χ1) is 12.3. The normalized spacial score (nSPS) is 21.4. The first-order valence-corrected chi connectivity index (χ1v) is 9.83.